The average molecular weight is 1010 g/mol. The summed E-state index contributed by atoms with van der Waals surface area (Å²) in [7, 11) is 10.0. The van der Waals surface area contributed by atoms with Crippen molar-refractivity contribution in [3.05, 3.63) is 140 Å². The van der Waals surface area contributed by atoms with Crippen LogP contribution in [-0.4, -0.2) is 90.8 Å². The number of methoxy groups -OCH3 is 1. The molecule has 2 aromatic carbocycles. The minimum absolute atomic E-state index is 0.0985. The first-order valence-corrected chi connectivity index (χ1v) is 27.3. The molecule has 0 amide bonds. The molecular formula is C65H100N8O. The molecule has 0 radical (unpaired) electrons. The fraction of sp³-hybridized carbons (Fsp3) is 0.523. The van der Waals surface area contributed by atoms with Gasteiger partial charge in [-0.15, -0.1) is 13.2 Å². The Morgan fingerprint density at radius 2 is 1.61 bits per heavy atom. The molecule has 4 atom stereocenters. The predicted octanol–water partition coefficient (Wildman–Crippen LogP) is 13.8. The number of nitrogens with two attached hydrogens (primary N) is 2. The summed E-state index contributed by atoms with van der Waals surface area (Å²) in [5.41, 5.74) is 21.5. The summed E-state index contributed by atoms with van der Waals surface area (Å²) in [5, 5.41) is 1.32. The number of rotatable bonds is 30. The molecule has 0 saturated heterocycles. The first kappa shape index (κ1) is 63.1. The molecule has 4 aromatic rings. The summed E-state index contributed by atoms with van der Waals surface area (Å²) in [6, 6.07) is 20.6. The van der Waals surface area contributed by atoms with Crippen molar-refractivity contribution in [2.45, 2.75) is 144 Å². The molecule has 0 fully saturated rings. The highest BCUT2D eigenvalue weighted by atomic mass is 16.5. The Morgan fingerprint density at radius 1 is 0.919 bits per heavy atom. The number of nitrogens with zero attached hydrogens (tertiary/aromatic N) is 5. The van der Waals surface area contributed by atoms with Crippen molar-refractivity contribution in [2.24, 2.45) is 34.7 Å². The third-order valence-electron chi connectivity index (χ3n) is 15.2. The van der Waals surface area contributed by atoms with Gasteiger partial charge in [-0.05, 0) is 189 Å². The maximum atomic E-state index is 6.00. The van der Waals surface area contributed by atoms with Crippen LogP contribution in [0, 0.1) is 35.0 Å². The second-order valence-electron chi connectivity index (χ2n) is 22.5. The van der Waals surface area contributed by atoms with Gasteiger partial charge in [-0.25, -0.2) is 0 Å². The van der Waals surface area contributed by atoms with Gasteiger partial charge in [0.2, 0.25) is 0 Å². The molecule has 9 nitrogen and oxygen atoms in total. The van der Waals surface area contributed by atoms with Crippen LogP contribution in [0.25, 0.3) is 33.3 Å². The maximum absolute atomic E-state index is 6.00. The number of aryl methyl sites for hydroxylation is 2. The van der Waals surface area contributed by atoms with E-state index in [1.165, 1.54) is 44.4 Å². The zero-order valence-corrected chi connectivity index (χ0v) is 48.8. The van der Waals surface area contributed by atoms with Gasteiger partial charge < -0.3 is 19.9 Å². The molecule has 0 aliphatic rings. The SMILES string of the molecule is C=CC(CCN(C)C(=C)C#CC(C)(C)N(C)C)CCN(C)C(C(=C)N)C(C)C.C=CCCC(C)(C)Cc1c(-c2cccnc2C(C)OC)n(CC)c2ccc(-c3cccc(CCC(=C)C(C)CCCNN)c3)cc12. The van der Waals surface area contributed by atoms with Gasteiger partial charge in [-0.3, -0.25) is 26.1 Å². The van der Waals surface area contributed by atoms with Gasteiger partial charge in [-0.1, -0.05) is 108 Å². The van der Waals surface area contributed by atoms with Crippen molar-refractivity contribution in [3.63, 3.8) is 0 Å². The van der Waals surface area contributed by atoms with Crippen LogP contribution >= 0.6 is 0 Å². The number of benzene rings is 2. The fourth-order valence-corrected chi connectivity index (χ4v) is 9.74. The Hall–Kier alpha value is -5.21. The molecule has 9 heteroatoms. The van der Waals surface area contributed by atoms with E-state index in [1.807, 2.05) is 26.4 Å². The molecule has 74 heavy (non-hydrogen) atoms. The van der Waals surface area contributed by atoms with Gasteiger partial charge in [-0.2, -0.15) is 0 Å². The summed E-state index contributed by atoms with van der Waals surface area (Å²) >= 11 is 0. The zero-order chi connectivity index (χ0) is 55.3. The molecule has 0 aliphatic carbocycles. The van der Waals surface area contributed by atoms with E-state index in [2.05, 4.69) is 207 Å². The Bertz CT molecular complexity index is 2500. The minimum atomic E-state index is -0.169. The second kappa shape index (κ2) is 30.4. The van der Waals surface area contributed by atoms with Crippen molar-refractivity contribution in [1.82, 2.24) is 29.7 Å². The average Bonchev–Trinajstić information content (AvgIpc) is 3.67. The number of aromatic nitrogens is 2. The van der Waals surface area contributed by atoms with Crippen molar-refractivity contribution in [3.8, 4) is 34.2 Å². The van der Waals surface area contributed by atoms with E-state index in [9.17, 15) is 0 Å². The van der Waals surface area contributed by atoms with E-state index in [1.54, 1.807) is 7.11 Å². The van der Waals surface area contributed by atoms with E-state index in [0.717, 1.165) is 107 Å². The Balaban J connectivity index is 0.000000444. The van der Waals surface area contributed by atoms with Gasteiger partial charge >= 0.3 is 0 Å². The van der Waals surface area contributed by atoms with Crippen molar-refractivity contribution in [2.75, 3.05) is 54.9 Å². The zero-order valence-electron chi connectivity index (χ0n) is 48.8. The molecule has 0 spiro atoms. The molecule has 2 heterocycles. The second-order valence-corrected chi connectivity index (χ2v) is 22.5. The topological polar surface area (TPSA) is 101 Å². The van der Waals surface area contributed by atoms with E-state index in [4.69, 9.17) is 21.3 Å². The minimum Gasteiger partial charge on any atom is -0.401 e. The molecule has 4 rings (SSSR count). The highest BCUT2D eigenvalue weighted by molar-refractivity contribution is 5.95. The van der Waals surface area contributed by atoms with Gasteiger partial charge in [0.25, 0.3) is 0 Å². The third kappa shape index (κ3) is 18.6. The van der Waals surface area contributed by atoms with Crippen LogP contribution in [0.1, 0.15) is 130 Å². The van der Waals surface area contributed by atoms with Gasteiger partial charge in [0, 0.05) is 62.2 Å². The van der Waals surface area contributed by atoms with Crippen LogP contribution in [0.5, 0.6) is 0 Å². The van der Waals surface area contributed by atoms with Crippen LogP contribution in [-0.2, 0) is 24.1 Å². The van der Waals surface area contributed by atoms with Crippen LogP contribution in [0.15, 0.2) is 123 Å². The smallest absolute Gasteiger partial charge is 0.0969 e. The maximum Gasteiger partial charge on any atom is 0.0969 e. The van der Waals surface area contributed by atoms with E-state index < -0.39 is 0 Å². The molecule has 0 saturated carbocycles. The lowest BCUT2D eigenvalue weighted by Gasteiger charge is -2.32. The van der Waals surface area contributed by atoms with Crippen molar-refractivity contribution in [1.29, 1.82) is 0 Å². The Kier molecular flexibility index (Phi) is 25.9. The Morgan fingerprint density at radius 3 is 2.22 bits per heavy atom. The predicted molar refractivity (Wildman–Crippen MR) is 321 cm³/mol. The largest absolute Gasteiger partial charge is 0.401 e. The number of allylic oxidation sites excluding steroid dienone is 4. The van der Waals surface area contributed by atoms with Crippen LogP contribution in [0.4, 0.5) is 0 Å². The molecule has 0 bridgehead atoms. The van der Waals surface area contributed by atoms with E-state index in [-0.39, 0.29) is 23.1 Å². The lowest BCUT2D eigenvalue weighted by Crippen LogP contribution is -2.40. The summed E-state index contributed by atoms with van der Waals surface area (Å²) in [6.07, 6.45) is 15.2. The van der Waals surface area contributed by atoms with Crippen molar-refractivity contribution >= 4 is 10.9 Å². The highest BCUT2D eigenvalue weighted by Gasteiger charge is 2.28. The number of hydrogen-bond acceptors (Lipinski definition) is 8. The van der Waals surface area contributed by atoms with Crippen LogP contribution in [0.3, 0.4) is 0 Å². The number of hydrazine groups is 1. The Labute approximate surface area is 451 Å². The lowest BCUT2D eigenvalue weighted by atomic mass is 9.80. The lowest BCUT2D eigenvalue weighted by molar-refractivity contribution is 0.116. The number of fused-ring (bicyclic) bond motifs is 1. The summed E-state index contributed by atoms with van der Waals surface area (Å²) in [6.45, 7) is 44.1. The first-order valence-electron chi connectivity index (χ1n) is 27.3. The summed E-state index contributed by atoms with van der Waals surface area (Å²) < 4.78 is 8.28. The molecule has 406 valence electrons. The molecule has 2 aromatic heterocycles. The van der Waals surface area contributed by atoms with Crippen molar-refractivity contribution < 1.29 is 4.74 Å². The van der Waals surface area contributed by atoms with E-state index >= 15 is 0 Å². The quantitative estimate of drug-likeness (QED) is 0.0156. The van der Waals surface area contributed by atoms with Gasteiger partial charge in [0.1, 0.15) is 0 Å². The monoisotopic (exact) mass is 1010 g/mol. The number of likely N-dealkylation sites (N-methyl/N-ethyl adjacent to an activating group) is 1. The van der Waals surface area contributed by atoms with Crippen LogP contribution < -0.4 is 17.0 Å². The normalized spacial score (nSPS) is 13.4. The molecule has 0 aliphatic heterocycles. The standard InChI is InChI=1S/C41H56N4O.C24H44N4/c1-9-11-23-41(6,7)28-37-36-27-34(33-17-12-16-32(26-33)20-19-30(4)29(3)15-13-25-44-42)21-22-38(36)45(10-2)40(37)35-18-14-24-43-39(35)31(5)46-8;1-12-22(15-18-28(11)23(19(2)3)21(5)25)14-17-27(10)20(4)13-16-24(6,7)26(8)9/h9,12,14,16-18,21-22,24,26-27,29,31,44H,1,4,10-11,13,15,19-20,23,25,28,42H2,2-3,5-8H3;12,19,22-23H,1,4-5,14-15,17-18,25H2,2-3,6-11H3. The number of pyridine rings is 1. The first-order chi connectivity index (χ1) is 35.0. The number of hydrogen-bond donors (Lipinski definition) is 3. The van der Waals surface area contributed by atoms with Gasteiger partial charge in [0.15, 0.2) is 0 Å². The highest BCUT2D eigenvalue weighted by Crippen LogP contribution is 2.42. The van der Waals surface area contributed by atoms with Gasteiger partial charge in [0.05, 0.1) is 34.8 Å². The number of nitrogens with one attached hydrogen (secondary N) is 1. The molecule has 5 N–H and O–H groups in total. The third-order valence-corrected chi connectivity index (χ3v) is 15.2. The molecule has 4 unspecified atom stereocenters. The van der Waals surface area contributed by atoms with E-state index in [0.29, 0.717) is 17.8 Å². The summed E-state index contributed by atoms with van der Waals surface area (Å²) in [5.74, 6) is 13.4. The summed E-state index contributed by atoms with van der Waals surface area (Å²) in [4.78, 5) is 11.4. The van der Waals surface area contributed by atoms with Crippen LogP contribution in [0.2, 0.25) is 0 Å². The molecular weight excluding hydrogens is 909 g/mol. The fourth-order valence-electron chi connectivity index (χ4n) is 9.74. The number of ether oxygens (including phenoxy) is 1.